The average molecular weight is 395 g/mol. The van der Waals surface area contributed by atoms with Crippen LogP contribution >= 0.6 is 0 Å². The fourth-order valence-electron chi connectivity index (χ4n) is 4.88. The predicted molar refractivity (Wildman–Crippen MR) is 112 cm³/mol. The van der Waals surface area contributed by atoms with Crippen LogP contribution < -0.4 is 0 Å². The lowest BCUT2D eigenvalue weighted by Gasteiger charge is -2.38. The Hall–Kier alpha value is -2.56. The zero-order valence-electron chi connectivity index (χ0n) is 17.1. The Balaban J connectivity index is 1.26. The van der Waals surface area contributed by atoms with Gasteiger partial charge in [0.2, 0.25) is 5.91 Å². The quantitative estimate of drug-likeness (QED) is 0.776. The Bertz CT molecular complexity index is 802. The van der Waals surface area contributed by atoms with Crippen molar-refractivity contribution in [1.29, 1.82) is 0 Å². The van der Waals surface area contributed by atoms with E-state index in [1.165, 1.54) is 11.8 Å². The fraction of sp³-hybridized carbons (Fsp3) is 0.500. The predicted octanol–water partition coefficient (Wildman–Crippen LogP) is 4.32. The first kappa shape index (κ1) is 19.7. The number of amides is 2. The molecule has 1 aliphatic heterocycles. The fourth-order valence-corrected chi connectivity index (χ4v) is 4.88. The third-order valence-corrected chi connectivity index (χ3v) is 6.73. The van der Waals surface area contributed by atoms with E-state index in [1.54, 1.807) is 17.0 Å². The van der Waals surface area contributed by atoms with Crippen molar-refractivity contribution in [2.24, 2.45) is 5.92 Å². The molecule has 0 atom stereocenters. The van der Waals surface area contributed by atoms with E-state index in [9.17, 15) is 9.59 Å². The van der Waals surface area contributed by atoms with E-state index in [-0.39, 0.29) is 17.7 Å². The van der Waals surface area contributed by atoms with E-state index in [0.29, 0.717) is 30.8 Å². The molecule has 5 heteroatoms. The highest BCUT2D eigenvalue weighted by atomic mass is 16.3. The number of carbonyl (C=O) groups is 2. The van der Waals surface area contributed by atoms with E-state index in [2.05, 4.69) is 30.3 Å². The second-order valence-corrected chi connectivity index (χ2v) is 8.41. The Morgan fingerprint density at radius 2 is 1.62 bits per heavy atom. The Kier molecular flexibility index (Phi) is 6.02. The van der Waals surface area contributed by atoms with Gasteiger partial charge in [0.25, 0.3) is 5.91 Å². The van der Waals surface area contributed by atoms with Gasteiger partial charge in [-0.3, -0.25) is 9.59 Å². The first-order chi connectivity index (χ1) is 14.1. The maximum absolute atomic E-state index is 13.1. The molecule has 2 aliphatic rings. The lowest BCUT2D eigenvalue weighted by molar-refractivity contribution is -0.138. The van der Waals surface area contributed by atoms with Crippen molar-refractivity contribution in [2.75, 3.05) is 20.1 Å². The minimum Gasteiger partial charge on any atom is -0.459 e. The first-order valence-electron chi connectivity index (χ1n) is 10.8. The molecule has 0 bridgehead atoms. The molecule has 4 rings (SSSR count). The lowest BCUT2D eigenvalue weighted by Crippen LogP contribution is -2.46. The first-order valence-corrected chi connectivity index (χ1v) is 10.8. The van der Waals surface area contributed by atoms with Crippen LogP contribution in [0.1, 0.15) is 60.6 Å². The Morgan fingerprint density at radius 1 is 0.931 bits per heavy atom. The van der Waals surface area contributed by atoms with Crippen LogP contribution in [0, 0.1) is 5.92 Å². The van der Waals surface area contributed by atoms with E-state index in [0.717, 1.165) is 38.5 Å². The van der Waals surface area contributed by atoms with Gasteiger partial charge < -0.3 is 14.2 Å². The zero-order valence-corrected chi connectivity index (χ0v) is 17.1. The minimum atomic E-state index is -0.0755. The summed E-state index contributed by atoms with van der Waals surface area (Å²) in [5.41, 5.74) is 1.42. The maximum atomic E-state index is 13.1. The maximum Gasteiger partial charge on any atom is 0.289 e. The van der Waals surface area contributed by atoms with Crippen LogP contribution in [0.25, 0.3) is 0 Å². The number of rotatable bonds is 4. The van der Waals surface area contributed by atoms with Crippen LogP contribution in [0.2, 0.25) is 0 Å². The molecule has 29 heavy (non-hydrogen) atoms. The number of hydrogen-bond acceptors (Lipinski definition) is 3. The normalized spacial score (nSPS) is 23.0. The van der Waals surface area contributed by atoms with Gasteiger partial charge in [-0.2, -0.15) is 0 Å². The summed E-state index contributed by atoms with van der Waals surface area (Å²) in [6.45, 7) is 1.23. The van der Waals surface area contributed by atoms with Crippen LogP contribution in [0.5, 0.6) is 0 Å². The van der Waals surface area contributed by atoms with Gasteiger partial charge in [-0.05, 0) is 62.1 Å². The van der Waals surface area contributed by atoms with Crippen LogP contribution in [0.15, 0.2) is 53.1 Å². The topological polar surface area (TPSA) is 53.8 Å². The van der Waals surface area contributed by atoms with E-state index >= 15 is 0 Å². The summed E-state index contributed by atoms with van der Waals surface area (Å²) in [6, 6.07) is 14.5. The van der Waals surface area contributed by atoms with Gasteiger partial charge in [-0.15, -0.1) is 0 Å². The molecular weight excluding hydrogens is 364 g/mol. The van der Waals surface area contributed by atoms with Gasteiger partial charge in [-0.1, -0.05) is 30.3 Å². The van der Waals surface area contributed by atoms with Crippen LogP contribution in [0.3, 0.4) is 0 Å². The van der Waals surface area contributed by atoms with E-state index in [1.807, 2.05) is 11.9 Å². The summed E-state index contributed by atoms with van der Waals surface area (Å²) < 4.78 is 5.21. The molecule has 1 aromatic heterocycles. The third kappa shape index (κ3) is 4.39. The van der Waals surface area contributed by atoms with Crippen molar-refractivity contribution in [3.8, 4) is 0 Å². The Morgan fingerprint density at radius 3 is 2.24 bits per heavy atom. The average Bonchev–Trinajstić information content (AvgIpc) is 3.33. The molecule has 5 nitrogen and oxygen atoms in total. The lowest BCUT2D eigenvalue weighted by atomic mass is 9.81. The minimum absolute atomic E-state index is 0.0208. The standard InChI is InChI=1S/C24H30N2O3/c1-25(21-11-9-19(10-12-21)18-6-3-2-4-7-18)23(27)20-13-15-26(16-14-20)24(28)22-8-5-17-29-22/h2-8,17,19-21H,9-16H2,1H3. The van der Waals surface area contributed by atoms with Crippen LogP contribution in [-0.2, 0) is 4.79 Å². The van der Waals surface area contributed by atoms with Crippen molar-refractivity contribution in [2.45, 2.75) is 50.5 Å². The molecule has 1 saturated carbocycles. The highest BCUT2D eigenvalue weighted by molar-refractivity contribution is 5.91. The molecule has 2 fully saturated rings. The van der Waals surface area contributed by atoms with Gasteiger partial charge in [0.15, 0.2) is 5.76 Å². The molecule has 1 saturated heterocycles. The van der Waals surface area contributed by atoms with Crippen LogP contribution in [-0.4, -0.2) is 47.8 Å². The number of nitrogens with zero attached hydrogens (tertiary/aromatic N) is 2. The van der Waals surface area contributed by atoms with E-state index < -0.39 is 0 Å². The molecule has 2 amide bonds. The van der Waals surface area contributed by atoms with Gasteiger partial charge in [0.1, 0.15) is 0 Å². The number of likely N-dealkylation sites (tertiary alicyclic amines) is 1. The molecular formula is C24H30N2O3. The second-order valence-electron chi connectivity index (χ2n) is 8.41. The molecule has 0 radical (unpaired) electrons. The largest absolute Gasteiger partial charge is 0.459 e. The summed E-state index contributed by atoms with van der Waals surface area (Å²) in [5, 5.41) is 0. The molecule has 1 aromatic carbocycles. The van der Waals surface area contributed by atoms with Crippen LogP contribution in [0.4, 0.5) is 0 Å². The number of benzene rings is 1. The number of carbonyl (C=O) groups excluding carboxylic acids is 2. The number of furan rings is 1. The van der Waals surface area contributed by atoms with Gasteiger partial charge >= 0.3 is 0 Å². The van der Waals surface area contributed by atoms with Crippen molar-refractivity contribution in [3.63, 3.8) is 0 Å². The molecule has 0 N–H and O–H groups in total. The monoisotopic (exact) mass is 394 g/mol. The van der Waals surface area contributed by atoms with E-state index in [4.69, 9.17) is 4.42 Å². The molecule has 1 aliphatic carbocycles. The molecule has 0 unspecified atom stereocenters. The summed E-state index contributed by atoms with van der Waals surface area (Å²) in [6.07, 6.45) is 7.40. The summed E-state index contributed by atoms with van der Waals surface area (Å²) >= 11 is 0. The highest BCUT2D eigenvalue weighted by Crippen LogP contribution is 2.35. The van der Waals surface area contributed by atoms with Crippen molar-refractivity contribution in [3.05, 3.63) is 60.1 Å². The number of piperidine rings is 1. The SMILES string of the molecule is CN(C(=O)C1CCN(C(=O)c2ccco2)CC1)C1CCC(c2ccccc2)CC1. The Labute approximate surface area is 172 Å². The number of hydrogen-bond donors (Lipinski definition) is 0. The molecule has 0 spiro atoms. The zero-order chi connectivity index (χ0) is 20.2. The summed E-state index contributed by atoms with van der Waals surface area (Å²) in [5.74, 6) is 1.19. The molecule has 2 heterocycles. The second kappa shape index (κ2) is 8.85. The molecule has 2 aromatic rings. The third-order valence-electron chi connectivity index (χ3n) is 6.73. The van der Waals surface area contributed by atoms with Crippen molar-refractivity contribution in [1.82, 2.24) is 9.80 Å². The van der Waals surface area contributed by atoms with Gasteiger partial charge in [-0.25, -0.2) is 0 Å². The summed E-state index contributed by atoms with van der Waals surface area (Å²) in [7, 11) is 1.97. The highest BCUT2D eigenvalue weighted by Gasteiger charge is 2.33. The van der Waals surface area contributed by atoms with Gasteiger partial charge in [0, 0.05) is 32.1 Å². The molecule has 154 valence electrons. The van der Waals surface area contributed by atoms with Gasteiger partial charge in [0.05, 0.1) is 6.26 Å². The van der Waals surface area contributed by atoms with Crippen molar-refractivity contribution < 1.29 is 14.0 Å². The smallest absolute Gasteiger partial charge is 0.289 e. The van der Waals surface area contributed by atoms with Crippen molar-refractivity contribution >= 4 is 11.8 Å². The summed E-state index contributed by atoms with van der Waals surface area (Å²) in [4.78, 5) is 29.3.